The summed E-state index contributed by atoms with van der Waals surface area (Å²) in [5.74, 6) is 0. The Morgan fingerprint density at radius 1 is 0.864 bits per heavy atom. The zero-order valence-corrected chi connectivity index (χ0v) is 12.3. The molecule has 0 amide bonds. The Morgan fingerprint density at radius 3 is 2.36 bits per heavy atom. The van der Waals surface area contributed by atoms with Crippen molar-refractivity contribution < 1.29 is 0 Å². The highest BCUT2D eigenvalue weighted by Gasteiger charge is 2.09. The minimum Gasteiger partial charge on any atom is -0.306 e. The van der Waals surface area contributed by atoms with Crippen molar-refractivity contribution in [3.63, 3.8) is 0 Å². The number of aromatic nitrogens is 4. The monoisotopic (exact) mass is 306 g/mol. The Labute approximate surface area is 132 Å². The van der Waals surface area contributed by atoms with Crippen LogP contribution in [-0.4, -0.2) is 19.7 Å². The van der Waals surface area contributed by atoms with Gasteiger partial charge in [-0.05, 0) is 12.1 Å². The second-order valence-corrected chi connectivity index (χ2v) is 5.26. The SMILES string of the molecule is Clc1nnc(-c2ccc(-n3ccnc3)cc2)c2ccccc12. The molecule has 0 fully saturated rings. The minimum atomic E-state index is 0.425. The topological polar surface area (TPSA) is 43.6 Å². The van der Waals surface area contributed by atoms with Crippen molar-refractivity contribution in [3.05, 3.63) is 72.4 Å². The highest BCUT2D eigenvalue weighted by atomic mass is 35.5. The maximum absolute atomic E-state index is 6.13. The summed E-state index contributed by atoms with van der Waals surface area (Å²) in [6.45, 7) is 0. The largest absolute Gasteiger partial charge is 0.306 e. The Hall–Kier alpha value is -2.72. The van der Waals surface area contributed by atoms with Gasteiger partial charge in [0.1, 0.15) is 5.69 Å². The van der Waals surface area contributed by atoms with E-state index < -0.39 is 0 Å². The van der Waals surface area contributed by atoms with E-state index in [1.54, 1.807) is 12.5 Å². The van der Waals surface area contributed by atoms with Crippen LogP contribution in [0.25, 0.3) is 27.7 Å². The van der Waals surface area contributed by atoms with Gasteiger partial charge in [-0.1, -0.05) is 48.0 Å². The van der Waals surface area contributed by atoms with Crippen LogP contribution in [0.1, 0.15) is 0 Å². The maximum atomic E-state index is 6.13. The fourth-order valence-corrected chi connectivity index (χ4v) is 2.69. The van der Waals surface area contributed by atoms with Crippen LogP contribution < -0.4 is 0 Å². The molecule has 0 aliphatic carbocycles. The van der Waals surface area contributed by atoms with E-state index in [0.717, 1.165) is 27.7 Å². The Balaban J connectivity index is 1.84. The van der Waals surface area contributed by atoms with Crippen molar-refractivity contribution in [1.82, 2.24) is 19.7 Å². The van der Waals surface area contributed by atoms with Crippen molar-refractivity contribution >= 4 is 22.4 Å². The zero-order valence-electron chi connectivity index (χ0n) is 11.5. The van der Waals surface area contributed by atoms with Crippen molar-refractivity contribution in [1.29, 1.82) is 0 Å². The predicted octanol–water partition coefficient (Wildman–Crippen LogP) is 4.14. The highest BCUT2D eigenvalue weighted by molar-refractivity contribution is 6.34. The minimum absolute atomic E-state index is 0.425. The van der Waals surface area contributed by atoms with Crippen LogP contribution in [0.5, 0.6) is 0 Å². The molecule has 4 nitrogen and oxygen atoms in total. The van der Waals surface area contributed by atoms with Crippen LogP contribution in [0.2, 0.25) is 5.15 Å². The second-order valence-electron chi connectivity index (χ2n) is 4.90. The van der Waals surface area contributed by atoms with Gasteiger partial charge in [0, 0.05) is 34.4 Å². The molecule has 4 aromatic rings. The maximum Gasteiger partial charge on any atom is 0.159 e. The number of fused-ring (bicyclic) bond motifs is 1. The van der Waals surface area contributed by atoms with E-state index in [9.17, 15) is 0 Å². The first-order valence-electron chi connectivity index (χ1n) is 6.82. The summed E-state index contributed by atoms with van der Waals surface area (Å²) in [7, 11) is 0. The molecule has 0 aliphatic heterocycles. The molecule has 0 spiro atoms. The van der Waals surface area contributed by atoms with Gasteiger partial charge >= 0.3 is 0 Å². The second kappa shape index (κ2) is 5.24. The van der Waals surface area contributed by atoms with Crippen LogP contribution in [0.15, 0.2) is 67.3 Å². The lowest BCUT2D eigenvalue weighted by molar-refractivity contribution is 1.05. The molecule has 2 aromatic heterocycles. The van der Waals surface area contributed by atoms with E-state index >= 15 is 0 Å². The van der Waals surface area contributed by atoms with E-state index in [4.69, 9.17) is 11.6 Å². The summed E-state index contributed by atoms with van der Waals surface area (Å²) >= 11 is 6.13. The quantitative estimate of drug-likeness (QED) is 0.559. The number of halogens is 1. The molecule has 0 N–H and O–H groups in total. The summed E-state index contributed by atoms with van der Waals surface area (Å²) < 4.78 is 1.95. The predicted molar refractivity (Wildman–Crippen MR) is 87.1 cm³/mol. The molecule has 106 valence electrons. The number of imidazole rings is 1. The van der Waals surface area contributed by atoms with Gasteiger partial charge < -0.3 is 4.57 Å². The molecule has 0 bridgehead atoms. The molecular formula is C17H11ClN4. The molecule has 0 saturated carbocycles. The summed E-state index contributed by atoms with van der Waals surface area (Å²) in [5.41, 5.74) is 2.88. The molecule has 22 heavy (non-hydrogen) atoms. The average molecular weight is 307 g/mol. The lowest BCUT2D eigenvalue weighted by Gasteiger charge is -2.07. The first-order chi connectivity index (χ1) is 10.8. The van der Waals surface area contributed by atoms with E-state index in [-0.39, 0.29) is 0 Å². The van der Waals surface area contributed by atoms with Crippen molar-refractivity contribution in [3.8, 4) is 16.9 Å². The van der Waals surface area contributed by atoms with Gasteiger partial charge in [-0.15, -0.1) is 10.2 Å². The Kier molecular flexibility index (Phi) is 3.09. The van der Waals surface area contributed by atoms with Crippen LogP contribution >= 0.6 is 11.6 Å². The molecule has 0 unspecified atom stereocenters. The Bertz CT molecular complexity index is 931. The fraction of sp³-hybridized carbons (Fsp3) is 0. The highest BCUT2D eigenvalue weighted by Crippen LogP contribution is 2.29. The summed E-state index contributed by atoms with van der Waals surface area (Å²) in [4.78, 5) is 4.06. The van der Waals surface area contributed by atoms with Gasteiger partial charge in [0.2, 0.25) is 0 Å². The standard InChI is InChI=1S/C17H11ClN4/c18-17-15-4-2-1-3-14(15)16(20-21-17)12-5-7-13(8-6-12)22-10-9-19-11-22/h1-11H. The average Bonchev–Trinajstić information content (AvgIpc) is 3.10. The van der Waals surface area contributed by atoms with Gasteiger partial charge in [0.25, 0.3) is 0 Å². The molecule has 2 aromatic carbocycles. The smallest absolute Gasteiger partial charge is 0.159 e. The third kappa shape index (κ3) is 2.14. The van der Waals surface area contributed by atoms with Gasteiger partial charge in [0.15, 0.2) is 5.15 Å². The van der Waals surface area contributed by atoms with E-state index in [1.165, 1.54) is 0 Å². The van der Waals surface area contributed by atoms with Gasteiger partial charge in [-0.3, -0.25) is 0 Å². The summed E-state index contributed by atoms with van der Waals surface area (Å²) in [5, 5.41) is 10.7. The third-order valence-corrected chi connectivity index (χ3v) is 3.86. The lowest BCUT2D eigenvalue weighted by Crippen LogP contribution is -1.93. The van der Waals surface area contributed by atoms with Crippen molar-refractivity contribution in [2.24, 2.45) is 0 Å². The van der Waals surface area contributed by atoms with Crippen LogP contribution in [0, 0.1) is 0 Å². The molecule has 0 aliphatic rings. The number of hydrogen-bond acceptors (Lipinski definition) is 3. The number of hydrogen-bond donors (Lipinski definition) is 0. The van der Waals surface area contributed by atoms with Gasteiger partial charge in [0.05, 0.1) is 6.33 Å². The Morgan fingerprint density at radius 2 is 1.64 bits per heavy atom. The van der Waals surface area contributed by atoms with E-state index in [1.807, 2.05) is 59.3 Å². The van der Waals surface area contributed by atoms with E-state index in [2.05, 4.69) is 15.2 Å². The van der Waals surface area contributed by atoms with Gasteiger partial charge in [-0.25, -0.2) is 4.98 Å². The van der Waals surface area contributed by atoms with Crippen LogP contribution in [-0.2, 0) is 0 Å². The molecule has 4 rings (SSSR count). The molecule has 0 radical (unpaired) electrons. The zero-order chi connectivity index (χ0) is 14.9. The normalized spacial score (nSPS) is 11.0. The molecule has 5 heteroatoms. The van der Waals surface area contributed by atoms with E-state index in [0.29, 0.717) is 5.15 Å². The van der Waals surface area contributed by atoms with Crippen LogP contribution in [0.3, 0.4) is 0 Å². The number of rotatable bonds is 2. The number of benzene rings is 2. The van der Waals surface area contributed by atoms with Crippen molar-refractivity contribution in [2.75, 3.05) is 0 Å². The van der Waals surface area contributed by atoms with Gasteiger partial charge in [-0.2, -0.15) is 0 Å². The molecule has 0 atom stereocenters. The summed E-state index contributed by atoms with van der Waals surface area (Å²) in [6.07, 6.45) is 5.44. The van der Waals surface area contributed by atoms with Crippen LogP contribution in [0.4, 0.5) is 0 Å². The fourth-order valence-electron chi connectivity index (χ4n) is 2.49. The first kappa shape index (κ1) is 13.0. The number of nitrogens with zero attached hydrogens (tertiary/aromatic N) is 4. The van der Waals surface area contributed by atoms with Crippen molar-refractivity contribution in [2.45, 2.75) is 0 Å². The molecular weight excluding hydrogens is 296 g/mol. The molecule has 2 heterocycles. The summed E-state index contributed by atoms with van der Waals surface area (Å²) in [6, 6.07) is 16.0. The third-order valence-electron chi connectivity index (χ3n) is 3.59. The first-order valence-corrected chi connectivity index (χ1v) is 7.20. The molecule has 0 saturated heterocycles. The lowest BCUT2D eigenvalue weighted by atomic mass is 10.0.